The van der Waals surface area contributed by atoms with Crippen molar-refractivity contribution in [1.29, 1.82) is 0 Å². The van der Waals surface area contributed by atoms with Crippen molar-refractivity contribution in [2.45, 2.75) is 17.6 Å². The van der Waals surface area contributed by atoms with E-state index < -0.39 is 21.3 Å². The normalized spacial score (nSPS) is 13.3. The van der Waals surface area contributed by atoms with Crippen molar-refractivity contribution in [3.05, 3.63) is 78.7 Å². The van der Waals surface area contributed by atoms with Gasteiger partial charge >= 0.3 is 0 Å². The smallest absolute Gasteiger partial charge is 0.268 e. The maximum absolute atomic E-state index is 11.7. The molecule has 0 aliphatic rings. The summed E-state index contributed by atoms with van der Waals surface area (Å²) in [6.07, 6.45) is 0.104. The van der Waals surface area contributed by atoms with Gasteiger partial charge in [-0.25, -0.2) is 0 Å². The first-order valence-electron chi connectivity index (χ1n) is 6.39. The molecule has 2 rings (SSSR count). The van der Waals surface area contributed by atoms with Gasteiger partial charge in [-0.05, 0) is 17.5 Å². The zero-order chi connectivity index (χ0) is 14.6. The van der Waals surface area contributed by atoms with E-state index in [0.717, 1.165) is 11.1 Å². The van der Waals surface area contributed by atoms with Crippen molar-refractivity contribution >= 4 is 10.1 Å². The Labute approximate surface area is 120 Å². The second-order valence-corrected chi connectivity index (χ2v) is 6.28. The number of hydrogen-bond donors (Lipinski definition) is 1. The Bertz CT molecular complexity index is 596. The van der Waals surface area contributed by atoms with Crippen LogP contribution in [-0.4, -0.2) is 18.2 Å². The van der Waals surface area contributed by atoms with Crippen LogP contribution < -0.4 is 0 Å². The molecule has 0 fully saturated rings. The van der Waals surface area contributed by atoms with E-state index in [1.165, 1.54) is 0 Å². The molecule has 2 aromatic carbocycles. The second-order valence-electron chi connectivity index (χ2n) is 4.64. The Balaban J connectivity index is 2.56. The fourth-order valence-corrected chi connectivity index (χ4v) is 3.39. The number of rotatable bonds is 5. The average Bonchev–Trinajstić information content (AvgIpc) is 2.45. The number of benzene rings is 2. The van der Waals surface area contributed by atoms with E-state index in [1.54, 1.807) is 0 Å². The minimum atomic E-state index is -4.17. The van der Waals surface area contributed by atoms with E-state index in [1.807, 2.05) is 60.7 Å². The van der Waals surface area contributed by atoms with Crippen LogP contribution in [0.3, 0.4) is 0 Å². The summed E-state index contributed by atoms with van der Waals surface area (Å²) in [6, 6.07) is 18.6. The molecule has 4 heteroatoms. The highest BCUT2D eigenvalue weighted by Gasteiger charge is 2.32. The van der Waals surface area contributed by atoms with Crippen molar-refractivity contribution < 1.29 is 13.0 Å². The van der Waals surface area contributed by atoms with Gasteiger partial charge in [-0.2, -0.15) is 8.42 Å². The van der Waals surface area contributed by atoms with Gasteiger partial charge in [0.1, 0.15) is 0 Å². The molecule has 0 bridgehead atoms. The summed E-state index contributed by atoms with van der Waals surface area (Å²) in [6.45, 7) is 3.69. The van der Waals surface area contributed by atoms with Gasteiger partial charge in [-0.15, -0.1) is 0 Å². The molecule has 0 aliphatic heterocycles. The minimum Gasteiger partial charge on any atom is -0.285 e. The molecule has 0 amide bonds. The van der Waals surface area contributed by atoms with Crippen molar-refractivity contribution in [2.75, 3.05) is 0 Å². The average molecular weight is 289 g/mol. The van der Waals surface area contributed by atoms with Gasteiger partial charge in [-0.1, -0.05) is 67.6 Å². The van der Waals surface area contributed by atoms with Crippen molar-refractivity contribution in [2.24, 2.45) is 0 Å². The lowest BCUT2D eigenvalue weighted by Crippen LogP contribution is -2.28. The first kappa shape index (κ1) is 14.8. The molecule has 0 saturated carbocycles. The Hall–Kier alpha value is -1.65. The predicted octanol–water partition coefficient (Wildman–Crippen LogP) is 3.30. The first-order chi connectivity index (χ1) is 9.54. The van der Waals surface area contributed by atoms with Crippen molar-refractivity contribution in [3.63, 3.8) is 0 Å². The van der Waals surface area contributed by atoms with Crippen LogP contribution in [0, 0.1) is 6.92 Å². The molecule has 0 saturated heterocycles. The third-order valence-corrected chi connectivity index (χ3v) is 4.63. The molecule has 0 aliphatic carbocycles. The Kier molecular flexibility index (Phi) is 4.57. The summed E-state index contributed by atoms with van der Waals surface area (Å²) in [5, 5.41) is -0.952. The second kappa shape index (κ2) is 6.20. The van der Waals surface area contributed by atoms with Gasteiger partial charge in [0.25, 0.3) is 10.1 Å². The van der Waals surface area contributed by atoms with Crippen LogP contribution in [0.15, 0.2) is 60.7 Å². The lowest BCUT2D eigenvalue weighted by Gasteiger charge is -2.24. The lowest BCUT2D eigenvalue weighted by atomic mass is 9.87. The third-order valence-electron chi connectivity index (χ3n) is 3.36. The summed E-state index contributed by atoms with van der Waals surface area (Å²) in [5.74, 6) is -0.426. The van der Waals surface area contributed by atoms with Gasteiger partial charge in [0, 0.05) is 5.92 Å². The van der Waals surface area contributed by atoms with E-state index in [2.05, 4.69) is 6.92 Å². The van der Waals surface area contributed by atoms with E-state index in [4.69, 9.17) is 0 Å². The SMILES string of the molecule is [CH2]CC(C(c1ccccc1)c1ccccc1)S(=O)(=O)O. The molecule has 3 nitrogen and oxygen atoms in total. The molecule has 0 spiro atoms. The molecule has 2 aromatic rings. The van der Waals surface area contributed by atoms with Gasteiger partial charge < -0.3 is 0 Å². The zero-order valence-corrected chi connectivity index (χ0v) is 11.8. The molecule has 1 unspecified atom stereocenters. The predicted molar refractivity (Wildman–Crippen MR) is 80.0 cm³/mol. The summed E-state index contributed by atoms with van der Waals surface area (Å²) in [7, 11) is -4.17. The van der Waals surface area contributed by atoms with Crippen molar-refractivity contribution in [1.82, 2.24) is 0 Å². The first-order valence-corrected chi connectivity index (χ1v) is 7.90. The summed E-state index contributed by atoms with van der Waals surface area (Å²) in [5.41, 5.74) is 1.70. The molecule has 1 atom stereocenters. The van der Waals surface area contributed by atoms with Gasteiger partial charge in [0.05, 0.1) is 5.25 Å². The fourth-order valence-electron chi connectivity index (χ4n) is 2.43. The maximum Gasteiger partial charge on any atom is 0.268 e. The standard InChI is InChI=1S/C16H17O3S/c1-2-15(20(17,18)19)16(13-9-5-3-6-10-13)14-11-7-4-8-12-14/h3-12,15-16H,1-2H2,(H,17,18,19). The lowest BCUT2D eigenvalue weighted by molar-refractivity contribution is 0.458. The Morgan fingerprint density at radius 2 is 1.30 bits per heavy atom. The monoisotopic (exact) mass is 289 g/mol. The van der Waals surface area contributed by atoms with E-state index in [9.17, 15) is 13.0 Å². The minimum absolute atomic E-state index is 0.104. The van der Waals surface area contributed by atoms with E-state index in [0.29, 0.717) is 0 Å². The zero-order valence-electron chi connectivity index (χ0n) is 11.0. The van der Waals surface area contributed by atoms with Gasteiger partial charge in [-0.3, -0.25) is 4.55 Å². The van der Waals surface area contributed by atoms with E-state index >= 15 is 0 Å². The molecular formula is C16H17O3S. The Morgan fingerprint density at radius 1 is 0.900 bits per heavy atom. The van der Waals surface area contributed by atoms with Crippen LogP contribution in [0.2, 0.25) is 0 Å². The topological polar surface area (TPSA) is 54.4 Å². The summed E-state index contributed by atoms with van der Waals surface area (Å²) in [4.78, 5) is 0. The maximum atomic E-state index is 11.7. The number of hydrogen-bond acceptors (Lipinski definition) is 2. The fraction of sp³-hybridized carbons (Fsp3) is 0.188. The van der Waals surface area contributed by atoms with Crippen LogP contribution in [0.5, 0.6) is 0 Å². The molecule has 1 radical (unpaired) electrons. The van der Waals surface area contributed by atoms with Gasteiger partial charge in [0.2, 0.25) is 0 Å². The van der Waals surface area contributed by atoms with Crippen molar-refractivity contribution in [3.8, 4) is 0 Å². The van der Waals surface area contributed by atoms with Crippen LogP contribution >= 0.6 is 0 Å². The Morgan fingerprint density at radius 3 is 1.60 bits per heavy atom. The molecule has 0 heterocycles. The molecule has 105 valence electrons. The van der Waals surface area contributed by atoms with Crippen LogP contribution in [0.1, 0.15) is 23.5 Å². The highest BCUT2D eigenvalue weighted by atomic mass is 32.2. The third kappa shape index (κ3) is 3.26. The largest absolute Gasteiger partial charge is 0.285 e. The molecular weight excluding hydrogens is 272 g/mol. The summed E-state index contributed by atoms with van der Waals surface area (Å²) < 4.78 is 32.8. The molecule has 1 N–H and O–H groups in total. The molecule has 20 heavy (non-hydrogen) atoms. The van der Waals surface area contributed by atoms with Crippen LogP contribution in [0.4, 0.5) is 0 Å². The summed E-state index contributed by atoms with van der Waals surface area (Å²) >= 11 is 0. The van der Waals surface area contributed by atoms with E-state index in [-0.39, 0.29) is 6.42 Å². The van der Waals surface area contributed by atoms with Gasteiger partial charge in [0.15, 0.2) is 0 Å². The quantitative estimate of drug-likeness (QED) is 0.859. The highest BCUT2D eigenvalue weighted by Crippen LogP contribution is 2.32. The molecule has 0 aromatic heterocycles. The van der Waals surface area contributed by atoms with Crippen LogP contribution in [-0.2, 0) is 10.1 Å². The van der Waals surface area contributed by atoms with Crippen LogP contribution in [0.25, 0.3) is 0 Å². The highest BCUT2D eigenvalue weighted by molar-refractivity contribution is 7.86.